The van der Waals surface area contributed by atoms with Crippen molar-refractivity contribution in [1.29, 1.82) is 0 Å². The molecule has 0 bridgehead atoms. The van der Waals surface area contributed by atoms with E-state index in [0.717, 1.165) is 12.6 Å². The summed E-state index contributed by atoms with van der Waals surface area (Å²) in [6.45, 7) is 9.36. The Balaban J connectivity index is 1.72. The molecule has 0 aromatic rings. The fraction of sp³-hybridized carbons (Fsp3) is 0.944. The summed E-state index contributed by atoms with van der Waals surface area (Å²) >= 11 is 0. The van der Waals surface area contributed by atoms with Crippen LogP contribution in [0, 0.1) is 11.3 Å². The molecular formula is C18H35N3O2. The topological polar surface area (TPSA) is 64.6 Å². The van der Waals surface area contributed by atoms with E-state index >= 15 is 0 Å². The Morgan fingerprint density at radius 1 is 1.30 bits per heavy atom. The van der Waals surface area contributed by atoms with E-state index in [4.69, 9.17) is 5.11 Å². The molecule has 134 valence electrons. The summed E-state index contributed by atoms with van der Waals surface area (Å²) in [5.41, 5.74) is -0.0683. The van der Waals surface area contributed by atoms with Crippen LogP contribution in [-0.2, 0) is 0 Å². The Bertz CT molecular complexity index is 382. The lowest BCUT2D eigenvalue weighted by Crippen LogP contribution is -2.52. The molecule has 0 aromatic heterocycles. The highest BCUT2D eigenvalue weighted by atomic mass is 16.3. The first-order valence-corrected chi connectivity index (χ1v) is 9.30. The highest BCUT2D eigenvalue weighted by Crippen LogP contribution is 2.30. The number of piperidine rings is 1. The Labute approximate surface area is 141 Å². The average molecular weight is 325 g/mol. The SMILES string of the molecule is CC(NC(=O)NCC(C)(C)CCO)C1CCCN(C2CCC2)C1. The standard InChI is InChI=1S/C18H35N3O2/c1-14(20-17(23)19-13-18(2,3)9-11-22)15-6-5-10-21(12-15)16-7-4-8-16/h14-16,22H,4-13H2,1-3H3,(H2,19,20,23). The first-order chi connectivity index (χ1) is 10.9. The summed E-state index contributed by atoms with van der Waals surface area (Å²) in [5.74, 6) is 0.556. The minimum Gasteiger partial charge on any atom is -0.396 e. The molecule has 0 radical (unpaired) electrons. The van der Waals surface area contributed by atoms with Gasteiger partial charge in [-0.2, -0.15) is 0 Å². The molecule has 2 atom stereocenters. The third-order valence-electron chi connectivity index (χ3n) is 5.66. The molecule has 23 heavy (non-hydrogen) atoms. The largest absolute Gasteiger partial charge is 0.396 e. The highest BCUT2D eigenvalue weighted by Gasteiger charge is 2.32. The van der Waals surface area contributed by atoms with Crippen LogP contribution >= 0.6 is 0 Å². The zero-order chi connectivity index (χ0) is 16.9. The molecule has 3 N–H and O–H groups in total. The van der Waals surface area contributed by atoms with Crippen molar-refractivity contribution in [1.82, 2.24) is 15.5 Å². The molecule has 2 unspecified atom stereocenters. The summed E-state index contributed by atoms with van der Waals surface area (Å²) < 4.78 is 0. The number of urea groups is 1. The van der Waals surface area contributed by atoms with E-state index in [2.05, 4.69) is 36.3 Å². The molecule has 1 heterocycles. The fourth-order valence-electron chi connectivity index (χ4n) is 3.62. The van der Waals surface area contributed by atoms with Crippen LogP contribution in [0.3, 0.4) is 0 Å². The minimum atomic E-state index is -0.0794. The monoisotopic (exact) mass is 325 g/mol. The Morgan fingerprint density at radius 2 is 2.04 bits per heavy atom. The normalized spacial score (nSPS) is 24.8. The number of carbonyl (C=O) groups is 1. The molecule has 0 aromatic carbocycles. The van der Waals surface area contributed by atoms with Gasteiger partial charge in [-0.15, -0.1) is 0 Å². The van der Waals surface area contributed by atoms with Gasteiger partial charge in [-0.3, -0.25) is 0 Å². The number of hydrogen-bond donors (Lipinski definition) is 3. The first kappa shape index (κ1) is 18.5. The van der Waals surface area contributed by atoms with Crippen molar-refractivity contribution < 1.29 is 9.90 Å². The predicted octanol–water partition coefficient (Wildman–Crippen LogP) is 2.35. The Hall–Kier alpha value is -0.810. The van der Waals surface area contributed by atoms with Gasteiger partial charge in [0.25, 0.3) is 0 Å². The van der Waals surface area contributed by atoms with Gasteiger partial charge in [-0.1, -0.05) is 20.3 Å². The van der Waals surface area contributed by atoms with E-state index in [-0.39, 0.29) is 24.1 Å². The Kier molecular flexibility index (Phi) is 6.72. The van der Waals surface area contributed by atoms with Gasteiger partial charge in [-0.25, -0.2) is 4.79 Å². The van der Waals surface area contributed by atoms with E-state index in [9.17, 15) is 4.79 Å². The molecule has 2 amide bonds. The summed E-state index contributed by atoms with van der Waals surface area (Å²) in [6.07, 6.45) is 7.25. The van der Waals surface area contributed by atoms with Gasteiger partial charge in [-0.05, 0) is 56.9 Å². The van der Waals surface area contributed by atoms with Crippen molar-refractivity contribution in [2.75, 3.05) is 26.2 Å². The molecule has 1 aliphatic heterocycles. The van der Waals surface area contributed by atoms with Crippen molar-refractivity contribution in [3.05, 3.63) is 0 Å². The van der Waals surface area contributed by atoms with Gasteiger partial charge in [0, 0.05) is 31.8 Å². The fourth-order valence-corrected chi connectivity index (χ4v) is 3.62. The third kappa shape index (κ3) is 5.64. The van der Waals surface area contributed by atoms with Crippen molar-refractivity contribution in [2.24, 2.45) is 11.3 Å². The molecule has 1 saturated carbocycles. The average Bonchev–Trinajstić information content (AvgIpc) is 2.44. The second kappa shape index (κ2) is 8.34. The number of nitrogens with zero attached hydrogens (tertiary/aromatic N) is 1. The Morgan fingerprint density at radius 3 is 2.65 bits per heavy atom. The number of aliphatic hydroxyl groups excluding tert-OH is 1. The molecule has 2 fully saturated rings. The van der Waals surface area contributed by atoms with E-state index in [0.29, 0.717) is 18.9 Å². The number of nitrogens with one attached hydrogen (secondary N) is 2. The summed E-state index contributed by atoms with van der Waals surface area (Å²) in [4.78, 5) is 14.8. The predicted molar refractivity (Wildman–Crippen MR) is 93.4 cm³/mol. The number of aliphatic hydroxyl groups is 1. The molecule has 5 heteroatoms. The van der Waals surface area contributed by atoms with E-state index in [1.165, 1.54) is 38.6 Å². The quantitative estimate of drug-likeness (QED) is 0.673. The zero-order valence-electron chi connectivity index (χ0n) is 15.1. The minimum absolute atomic E-state index is 0.0683. The van der Waals surface area contributed by atoms with Crippen LogP contribution in [0.1, 0.15) is 59.3 Å². The maximum Gasteiger partial charge on any atom is 0.315 e. The van der Waals surface area contributed by atoms with Gasteiger partial charge in [0.2, 0.25) is 0 Å². The van der Waals surface area contributed by atoms with Gasteiger partial charge < -0.3 is 20.6 Å². The summed E-state index contributed by atoms with van der Waals surface area (Å²) in [6, 6.07) is 0.932. The van der Waals surface area contributed by atoms with E-state index in [1.54, 1.807) is 0 Å². The van der Waals surface area contributed by atoms with Crippen LogP contribution in [-0.4, -0.2) is 54.4 Å². The summed E-state index contributed by atoms with van der Waals surface area (Å²) in [5, 5.41) is 15.1. The maximum absolute atomic E-state index is 12.1. The van der Waals surface area contributed by atoms with Gasteiger partial charge in [0.1, 0.15) is 0 Å². The van der Waals surface area contributed by atoms with Crippen molar-refractivity contribution in [3.8, 4) is 0 Å². The van der Waals surface area contributed by atoms with Crippen molar-refractivity contribution >= 4 is 6.03 Å². The van der Waals surface area contributed by atoms with E-state index < -0.39 is 0 Å². The molecule has 2 aliphatic rings. The molecule has 5 nitrogen and oxygen atoms in total. The number of amides is 2. The van der Waals surface area contributed by atoms with E-state index in [1.807, 2.05) is 0 Å². The van der Waals surface area contributed by atoms with Crippen molar-refractivity contribution in [3.63, 3.8) is 0 Å². The molecule has 2 rings (SSSR count). The maximum atomic E-state index is 12.1. The van der Waals surface area contributed by atoms with Crippen LogP contribution in [0.4, 0.5) is 4.79 Å². The number of likely N-dealkylation sites (tertiary alicyclic amines) is 1. The number of carbonyl (C=O) groups excluding carboxylic acids is 1. The van der Waals surface area contributed by atoms with Crippen LogP contribution < -0.4 is 10.6 Å². The lowest BCUT2D eigenvalue weighted by Gasteiger charge is -2.43. The lowest BCUT2D eigenvalue weighted by atomic mass is 9.85. The molecule has 1 aliphatic carbocycles. The zero-order valence-corrected chi connectivity index (χ0v) is 15.1. The number of rotatable bonds is 7. The van der Waals surface area contributed by atoms with Gasteiger partial charge in [0.05, 0.1) is 0 Å². The smallest absolute Gasteiger partial charge is 0.315 e. The van der Waals surface area contributed by atoms with Gasteiger partial charge >= 0.3 is 6.03 Å². The van der Waals surface area contributed by atoms with Crippen LogP contribution in [0.25, 0.3) is 0 Å². The second-order valence-corrected chi connectivity index (χ2v) is 8.24. The second-order valence-electron chi connectivity index (χ2n) is 8.24. The first-order valence-electron chi connectivity index (χ1n) is 9.30. The molecular weight excluding hydrogens is 290 g/mol. The van der Waals surface area contributed by atoms with Crippen molar-refractivity contribution in [2.45, 2.75) is 71.4 Å². The lowest BCUT2D eigenvalue weighted by molar-refractivity contribution is 0.0678. The third-order valence-corrected chi connectivity index (χ3v) is 5.66. The number of hydrogen-bond acceptors (Lipinski definition) is 3. The van der Waals surface area contributed by atoms with Crippen LogP contribution in [0.2, 0.25) is 0 Å². The summed E-state index contributed by atoms with van der Waals surface area (Å²) in [7, 11) is 0. The molecule has 0 spiro atoms. The molecule has 1 saturated heterocycles. The van der Waals surface area contributed by atoms with Crippen LogP contribution in [0.5, 0.6) is 0 Å². The van der Waals surface area contributed by atoms with Gasteiger partial charge in [0.15, 0.2) is 0 Å². The van der Waals surface area contributed by atoms with Crippen LogP contribution in [0.15, 0.2) is 0 Å². The highest BCUT2D eigenvalue weighted by molar-refractivity contribution is 5.74.